The summed E-state index contributed by atoms with van der Waals surface area (Å²) >= 11 is 6.60. The van der Waals surface area contributed by atoms with Crippen molar-refractivity contribution in [2.45, 2.75) is 30.8 Å². The monoisotopic (exact) mass is 539 g/mol. The largest absolute Gasteiger partial charge is 0.472 e. The molecule has 2 aromatic carbocycles. The van der Waals surface area contributed by atoms with Crippen LogP contribution in [0.4, 0.5) is 11.4 Å². The highest BCUT2D eigenvalue weighted by molar-refractivity contribution is 7.92. The van der Waals surface area contributed by atoms with E-state index in [1.807, 2.05) is 54.6 Å². The topological polar surface area (TPSA) is 103 Å². The minimum Gasteiger partial charge on any atom is -0.472 e. The number of rotatable bonds is 4. The zero-order valence-electron chi connectivity index (χ0n) is 20.3. The van der Waals surface area contributed by atoms with E-state index in [1.165, 1.54) is 0 Å². The smallest absolute Gasteiger partial charge is 0.195 e. The lowest BCUT2D eigenvalue weighted by molar-refractivity contribution is 0.00558. The Balaban J connectivity index is 1.17. The molecule has 0 bridgehead atoms. The van der Waals surface area contributed by atoms with Crippen molar-refractivity contribution in [1.82, 2.24) is 4.98 Å². The average molecular weight is 540 g/mol. The van der Waals surface area contributed by atoms with Crippen molar-refractivity contribution in [2.75, 3.05) is 25.7 Å². The van der Waals surface area contributed by atoms with Crippen LogP contribution in [-0.4, -0.2) is 70.3 Å². The van der Waals surface area contributed by atoms with Gasteiger partial charge in [-0.05, 0) is 29.3 Å². The molecular formula is C27H26ClN3O5S. The Morgan fingerprint density at radius 2 is 1.65 bits per heavy atom. The van der Waals surface area contributed by atoms with E-state index in [0.29, 0.717) is 41.0 Å². The number of pyridine rings is 1. The summed E-state index contributed by atoms with van der Waals surface area (Å²) in [5.74, 6) is 0.544. The summed E-state index contributed by atoms with van der Waals surface area (Å²) in [6, 6.07) is 17.5. The fraction of sp³-hybridized carbons (Fsp3) is 0.333. The van der Waals surface area contributed by atoms with Crippen LogP contribution in [0.15, 0.2) is 64.0 Å². The van der Waals surface area contributed by atoms with E-state index >= 15 is 0 Å². The van der Waals surface area contributed by atoms with E-state index in [-0.39, 0.29) is 24.9 Å². The van der Waals surface area contributed by atoms with Crippen molar-refractivity contribution in [3.63, 3.8) is 0 Å². The number of halogens is 1. The molecule has 4 heterocycles. The van der Waals surface area contributed by atoms with Gasteiger partial charge in [0.1, 0.15) is 18.3 Å². The van der Waals surface area contributed by atoms with E-state index in [1.54, 1.807) is 12.5 Å². The molecule has 3 aromatic rings. The summed E-state index contributed by atoms with van der Waals surface area (Å²) in [6.07, 6.45) is 2.11. The van der Waals surface area contributed by atoms with Crippen molar-refractivity contribution >= 4 is 38.6 Å². The number of ether oxygens (including phenoxy) is 3. The van der Waals surface area contributed by atoms with Gasteiger partial charge in [-0.1, -0.05) is 48.0 Å². The third kappa shape index (κ3) is 5.02. The molecule has 1 aromatic heterocycles. The highest BCUT2D eigenvalue weighted by Crippen LogP contribution is 2.37. The van der Waals surface area contributed by atoms with Gasteiger partial charge in [0.15, 0.2) is 12.0 Å². The number of fused-ring (bicyclic) bond motifs is 2. The molecule has 3 aliphatic heterocycles. The Kier molecular flexibility index (Phi) is 6.29. The molecule has 0 radical (unpaired) electrons. The molecule has 6 rings (SSSR count). The minimum atomic E-state index is -2.20. The third-order valence-corrected chi connectivity index (χ3v) is 7.49. The zero-order chi connectivity index (χ0) is 25.7. The first kappa shape index (κ1) is 24.5. The fourth-order valence-electron chi connectivity index (χ4n) is 4.84. The highest BCUT2D eigenvalue weighted by Gasteiger charge is 2.48. The molecule has 0 saturated carbocycles. The summed E-state index contributed by atoms with van der Waals surface area (Å²) in [5.41, 5.74) is 5.84. The lowest BCUT2D eigenvalue weighted by Gasteiger charge is -2.17. The van der Waals surface area contributed by atoms with Crippen LogP contribution in [0.2, 0.25) is 5.02 Å². The molecule has 0 amide bonds. The van der Waals surface area contributed by atoms with Crippen molar-refractivity contribution < 1.29 is 23.5 Å². The van der Waals surface area contributed by atoms with Crippen LogP contribution in [0.25, 0.3) is 22.4 Å². The van der Waals surface area contributed by atoms with E-state index in [4.69, 9.17) is 30.8 Å². The van der Waals surface area contributed by atoms with Gasteiger partial charge in [0, 0.05) is 27.8 Å². The maximum Gasteiger partial charge on any atom is 0.195 e. The molecule has 3 aliphatic rings. The van der Waals surface area contributed by atoms with Gasteiger partial charge in [-0.3, -0.25) is 0 Å². The Morgan fingerprint density at radius 3 is 2.35 bits per heavy atom. The Labute approximate surface area is 220 Å². The summed E-state index contributed by atoms with van der Waals surface area (Å²) in [6.45, 7) is 0.603. The van der Waals surface area contributed by atoms with Gasteiger partial charge < -0.3 is 19.3 Å². The van der Waals surface area contributed by atoms with Crippen LogP contribution in [0.1, 0.15) is 5.69 Å². The maximum absolute atomic E-state index is 11.9. The third-order valence-electron chi connectivity index (χ3n) is 6.55. The predicted octanol–water partition coefficient (Wildman–Crippen LogP) is 4.56. The van der Waals surface area contributed by atoms with Gasteiger partial charge >= 0.3 is 0 Å². The molecule has 192 valence electrons. The molecule has 37 heavy (non-hydrogen) atoms. The van der Waals surface area contributed by atoms with Crippen LogP contribution < -0.4 is 0 Å². The molecule has 8 nitrogen and oxygen atoms in total. The van der Waals surface area contributed by atoms with Crippen LogP contribution in [0.3, 0.4) is 0 Å². The van der Waals surface area contributed by atoms with Crippen molar-refractivity contribution in [2.24, 2.45) is 9.36 Å². The lowest BCUT2D eigenvalue weighted by atomic mass is 10.0. The lowest BCUT2D eigenvalue weighted by Crippen LogP contribution is -2.34. The Morgan fingerprint density at radius 1 is 1.00 bits per heavy atom. The molecule has 4 atom stereocenters. The van der Waals surface area contributed by atoms with Crippen LogP contribution in [0.5, 0.6) is 0 Å². The van der Waals surface area contributed by atoms with E-state index < -0.39 is 15.8 Å². The standard InChI is InChI=1S/C27H26ClN3O5S/c1-37(2,33)31-18-9-7-16(8-10-18)15-3-5-17(6-4-15)25-19(28)11-20-21(30-25)12-24(29-20)36-23-14-35-26-22(32)13-34-27(23)26/h3-11,22-23,26-27,32H,12-14H2,1-2H3/t22-,23-,26-,27-/m1/s1. The van der Waals surface area contributed by atoms with Crippen molar-refractivity contribution in [1.29, 1.82) is 0 Å². The van der Waals surface area contributed by atoms with Gasteiger partial charge in [-0.25, -0.2) is 14.2 Å². The summed E-state index contributed by atoms with van der Waals surface area (Å²) in [4.78, 5) is 9.38. The average Bonchev–Trinajstić information content (AvgIpc) is 3.55. The fourth-order valence-corrected chi connectivity index (χ4v) is 5.72. The number of benzene rings is 2. The van der Waals surface area contributed by atoms with Gasteiger partial charge in [-0.15, -0.1) is 0 Å². The quantitative estimate of drug-likeness (QED) is 0.521. The summed E-state index contributed by atoms with van der Waals surface area (Å²) in [7, 11) is -2.20. The zero-order valence-corrected chi connectivity index (χ0v) is 21.9. The molecule has 0 unspecified atom stereocenters. The van der Waals surface area contributed by atoms with Gasteiger partial charge in [0.25, 0.3) is 0 Å². The predicted molar refractivity (Wildman–Crippen MR) is 143 cm³/mol. The van der Waals surface area contributed by atoms with E-state index in [0.717, 1.165) is 22.4 Å². The molecule has 2 saturated heterocycles. The summed E-state index contributed by atoms with van der Waals surface area (Å²) < 4.78 is 33.5. The van der Waals surface area contributed by atoms with Crippen LogP contribution >= 0.6 is 11.6 Å². The maximum atomic E-state index is 11.9. The first-order valence-corrected chi connectivity index (χ1v) is 14.7. The molecule has 0 aliphatic carbocycles. The van der Waals surface area contributed by atoms with E-state index in [9.17, 15) is 9.32 Å². The molecule has 10 heteroatoms. The number of nitrogens with zero attached hydrogens (tertiary/aromatic N) is 3. The SMILES string of the molecule is CS(C)(=O)=Nc1ccc(-c2ccc(-c3nc4c(cc3Cl)N=C(O[C@@H]3CO[C@H]5[C@@H]3OC[C@H]5O)C4)cc2)cc1. The molecular weight excluding hydrogens is 514 g/mol. The Hall–Kier alpha value is -2.82. The first-order valence-electron chi connectivity index (χ1n) is 12.0. The van der Waals surface area contributed by atoms with Gasteiger partial charge in [-0.2, -0.15) is 4.36 Å². The molecule has 0 spiro atoms. The number of aliphatic hydroxyl groups excluding tert-OH is 1. The second-order valence-electron chi connectivity index (χ2n) is 9.68. The van der Waals surface area contributed by atoms with Crippen LogP contribution in [0, 0.1) is 0 Å². The number of aromatic nitrogens is 1. The first-order chi connectivity index (χ1) is 17.7. The normalized spacial score (nSPS) is 24.5. The van der Waals surface area contributed by atoms with Crippen molar-refractivity contribution in [3.8, 4) is 22.4 Å². The summed E-state index contributed by atoms with van der Waals surface area (Å²) in [5, 5.41) is 10.5. The van der Waals surface area contributed by atoms with E-state index in [2.05, 4.69) is 9.36 Å². The number of hydrogen-bond donors (Lipinski definition) is 1. The number of aliphatic hydroxyl groups is 1. The molecule has 1 N–H and O–H groups in total. The van der Waals surface area contributed by atoms with Gasteiger partial charge in [0.05, 0.1) is 47.4 Å². The number of hydrogen-bond acceptors (Lipinski definition) is 8. The second kappa shape index (κ2) is 9.49. The number of aliphatic imine (C=N–C) groups is 1. The molecule has 2 fully saturated rings. The van der Waals surface area contributed by atoms with Crippen LogP contribution in [-0.2, 0) is 30.4 Å². The highest BCUT2D eigenvalue weighted by atomic mass is 35.5. The Bertz CT molecular complexity index is 1490. The van der Waals surface area contributed by atoms with Crippen molar-refractivity contribution in [3.05, 3.63) is 65.3 Å². The minimum absolute atomic E-state index is 0.253. The van der Waals surface area contributed by atoms with Gasteiger partial charge in [0.2, 0.25) is 0 Å². The second-order valence-corrected chi connectivity index (χ2v) is 12.6.